The van der Waals surface area contributed by atoms with Gasteiger partial charge in [0.2, 0.25) is 5.91 Å². The molecule has 1 saturated carbocycles. The van der Waals surface area contributed by atoms with Gasteiger partial charge in [0.25, 0.3) is 0 Å². The predicted octanol–water partition coefficient (Wildman–Crippen LogP) is 0.640. The summed E-state index contributed by atoms with van der Waals surface area (Å²) < 4.78 is 0. The van der Waals surface area contributed by atoms with Crippen LogP contribution in [0, 0.1) is 5.92 Å². The summed E-state index contributed by atoms with van der Waals surface area (Å²) >= 11 is 0. The van der Waals surface area contributed by atoms with E-state index in [2.05, 4.69) is 19.2 Å². The molecular formula is C9H18N2O. The van der Waals surface area contributed by atoms with Crippen LogP contribution >= 0.6 is 0 Å². The minimum atomic E-state index is -0.533. The average molecular weight is 170 g/mol. The highest BCUT2D eigenvalue weighted by molar-refractivity contribution is 5.86. The molecule has 0 spiro atoms. The molecule has 3 nitrogen and oxygen atoms in total. The van der Waals surface area contributed by atoms with E-state index in [0.717, 1.165) is 25.8 Å². The maximum absolute atomic E-state index is 11.4. The molecule has 1 aliphatic rings. The average Bonchev–Trinajstić information content (AvgIpc) is 1.95. The number of hydrogen-bond donors (Lipinski definition) is 2. The summed E-state index contributed by atoms with van der Waals surface area (Å²) in [5, 5.41) is 2.86. The van der Waals surface area contributed by atoms with Gasteiger partial charge >= 0.3 is 0 Å². The van der Waals surface area contributed by atoms with Crippen molar-refractivity contribution in [3.63, 3.8) is 0 Å². The molecule has 1 amide bonds. The van der Waals surface area contributed by atoms with Crippen molar-refractivity contribution in [2.75, 3.05) is 6.54 Å². The van der Waals surface area contributed by atoms with Crippen LogP contribution in [0.3, 0.4) is 0 Å². The second-order valence-corrected chi connectivity index (χ2v) is 4.11. The van der Waals surface area contributed by atoms with E-state index >= 15 is 0 Å². The Bertz CT molecular complexity index is 173. The SMILES string of the molecule is CC(C)CNC(=O)C1(N)CCC1. The van der Waals surface area contributed by atoms with Gasteiger partial charge in [0.05, 0.1) is 5.54 Å². The van der Waals surface area contributed by atoms with Gasteiger partial charge in [-0.05, 0) is 25.2 Å². The van der Waals surface area contributed by atoms with Crippen molar-refractivity contribution in [2.45, 2.75) is 38.6 Å². The molecule has 0 aromatic carbocycles. The topological polar surface area (TPSA) is 55.1 Å². The van der Waals surface area contributed by atoms with E-state index in [1.807, 2.05) is 0 Å². The van der Waals surface area contributed by atoms with Crippen LogP contribution in [-0.4, -0.2) is 18.0 Å². The van der Waals surface area contributed by atoms with Crippen molar-refractivity contribution in [2.24, 2.45) is 11.7 Å². The van der Waals surface area contributed by atoms with Crippen LogP contribution < -0.4 is 11.1 Å². The maximum Gasteiger partial charge on any atom is 0.240 e. The summed E-state index contributed by atoms with van der Waals surface area (Å²) in [5.74, 6) is 0.528. The molecule has 3 N–H and O–H groups in total. The van der Waals surface area contributed by atoms with Crippen molar-refractivity contribution < 1.29 is 4.79 Å². The lowest BCUT2D eigenvalue weighted by molar-refractivity contribution is -0.129. The van der Waals surface area contributed by atoms with E-state index in [0.29, 0.717) is 5.92 Å². The lowest BCUT2D eigenvalue weighted by atomic mass is 9.77. The van der Waals surface area contributed by atoms with E-state index in [4.69, 9.17) is 5.73 Å². The van der Waals surface area contributed by atoms with Gasteiger partial charge < -0.3 is 11.1 Å². The second-order valence-electron chi connectivity index (χ2n) is 4.11. The quantitative estimate of drug-likeness (QED) is 0.653. The summed E-state index contributed by atoms with van der Waals surface area (Å²) in [6.07, 6.45) is 2.78. The summed E-state index contributed by atoms with van der Waals surface area (Å²) in [5.41, 5.74) is 5.29. The molecule has 0 atom stereocenters. The van der Waals surface area contributed by atoms with Crippen molar-refractivity contribution in [1.82, 2.24) is 5.32 Å². The van der Waals surface area contributed by atoms with Crippen molar-refractivity contribution in [3.05, 3.63) is 0 Å². The Morgan fingerprint density at radius 2 is 2.17 bits per heavy atom. The Labute approximate surface area is 73.7 Å². The molecule has 0 saturated heterocycles. The van der Waals surface area contributed by atoms with Crippen LogP contribution in [0.4, 0.5) is 0 Å². The Balaban J connectivity index is 2.28. The zero-order chi connectivity index (χ0) is 9.19. The maximum atomic E-state index is 11.4. The fraction of sp³-hybridized carbons (Fsp3) is 0.889. The molecule has 70 valence electrons. The van der Waals surface area contributed by atoms with Crippen molar-refractivity contribution in [3.8, 4) is 0 Å². The Kier molecular flexibility index (Phi) is 2.73. The number of nitrogens with one attached hydrogen (secondary N) is 1. The van der Waals surface area contributed by atoms with Crippen LogP contribution in [-0.2, 0) is 4.79 Å². The fourth-order valence-electron chi connectivity index (χ4n) is 1.26. The Morgan fingerprint density at radius 3 is 2.50 bits per heavy atom. The first-order valence-corrected chi connectivity index (χ1v) is 4.62. The molecule has 0 aromatic heterocycles. The highest BCUT2D eigenvalue weighted by atomic mass is 16.2. The molecule has 3 heteroatoms. The third-order valence-corrected chi connectivity index (χ3v) is 2.37. The summed E-state index contributed by atoms with van der Waals surface area (Å²) in [6, 6.07) is 0. The normalized spacial score (nSPS) is 20.3. The molecule has 0 aliphatic heterocycles. The summed E-state index contributed by atoms with van der Waals surface area (Å²) in [7, 11) is 0. The number of carbonyl (C=O) groups is 1. The summed E-state index contributed by atoms with van der Waals surface area (Å²) in [6.45, 7) is 4.88. The van der Waals surface area contributed by atoms with Crippen LogP contribution in [0.5, 0.6) is 0 Å². The highest BCUT2D eigenvalue weighted by Gasteiger charge is 2.39. The first-order chi connectivity index (χ1) is 5.54. The van der Waals surface area contributed by atoms with Gasteiger partial charge in [-0.25, -0.2) is 0 Å². The lowest BCUT2D eigenvalue weighted by Crippen LogP contribution is -2.58. The molecule has 1 fully saturated rings. The van der Waals surface area contributed by atoms with E-state index < -0.39 is 5.54 Å². The molecule has 12 heavy (non-hydrogen) atoms. The third-order valence-electron chi connectivity index (χ3n) is 2.37. The molecule has 0 aromatic rings. The van der Waals surface area contributed by atoms with E-state index in [1.165, 1.54) is 0 Å². The second kappa shape index (κ2) is 3.44. The van der Waals surface area contributed by atoms with Gasteiger partial charge in [0.1, 0.15) is 0 Å². The molecule has 0 unspecified atom stereocenters. The van der Waals surface area contributed by atoms with Crippen LogP contribution in [0.15, 0.2) is 0 Å². The first-order valence-electron chi connectivity index (χ1n) is 4.62. The van der Waals surface area contributed by atoms with Gasteiger partial charge in [0, 0.05) is 6.54 Å². The van der Waals surface area contributed by atoms with Gasteiger partial charge in [-0.2, -0.15) is 0 Å². The van der Waals surface area contributed by atoms with E-state index in [1.54, 1.807) is 0 Å². The zero-order valence-electron chi connectivity index (χ0n) is 7.89. The lowest BCUT2D eigenvalue weighted by Gasteiger charge is -2.36. The highest BCUT2D eigenvalue weighted by Crippen LogP contribution is 2.28. The molecule has 0 bridgehead atoms. The zero-order valence-corrected chi connectivity index (χ0v) is 7.89. The van der Waals surface area contributed by atoms with Crippen LogP contribution in [0.2, 0.25) is 0 Å². The minimum Gasteiger partial charge on any atom is -0.354 e. The largest absolute Gasteiger partial charge is 0.354 e. The van der Waals surface area contributed by atoms with E-state index in [-0.39, 0.29) is 5.91 Å². The minimum absolute atomic E-state index is 0.0300. The Hall–Kier alpha value is -0.570. The van der Waals surface area contributed by atoms with Crippen molar-refractivity contribution in [1.29, 1.82) is 0 Å². The first kappa shape index (κ1) is 9.52. The molecule has 0 radical (unpaired) electrons. The van der Waals surface area contributed by atoms with Gasteiger partial charge in [-0.3, -0.25) is 4.79 Å². The molecule has 0 heterocycles. The predicted molar refractivity (Wildman–Crippen MR) is 48.6 cm³/mol. The fourth-order valence-corrected chi connectivity index (χ4v) is 1.26. The molecule has 1 aliphatic carbocycles. The number of hydrogen-bond acceptors (Lipinski definition) is 2. The van der Waals surface area contributed by atoms with Gasteiger partial charge in [-0.15, -0.1) is 0 Å². The molecule has 1 rings (SSSR count). The van der Waals surface area contributed by atoms with Gasteiger partial charge in [0.15, 0.2) is 0 Å². The van der Waals surface area contributed by atoms with E-state index in [9.17, 15) is 4.79 Å². The standard InChI is InChI=1S/C9H18N2O/c1-7(2)6-11-8(12)9(10)4-3-5-9/h7H,3-6,10H2,1-2H3,(H,11,12). The van der Waals surface area contributed by atoms with Crippen molar-refractivity contribution >= 4 is 5.91 Å². The van der Waals surface area contributed by atoms with Crippen LogP contribution in [0.1, 0.15) is 33.1 Å². The smallest absolute Gasteiger partial charge is 0.240 e. The third kappa shape index (κ3) is 1.97. The number of nitrogens with two attached hydrogens (primary N) is 1. The molecular weight excluding hydrogens is 152 g/mol. The van der Waals surface area contributed by atoms with Crippen LogP contribution in [0.25, 0.3) is 0 Å². The van der Waals surface area contributed by atoms with Gasteiger partial charge in [-0.1, -0.05) is 13.8 Å². The number of carbonyl (C=O) groups excluding carboxylic acids is 1. The Morgan fingerprint density at radius 1 is 1.58 bits per heavy atom. The monoisotopic (exact) mass is 170 g/mol. The summed E-state index contributed by atoms with van der Waals surface area (Å²) in [4.78, 5) is 11.4. The number of amides is 1. The number of rotatable bonds is 3.